The van der Waals surface area contributed by atoms with Crippen LogP contribution in [0.4, 0.5) is 10.5 Å². The van der Waals surface area contributed by atoms with Gasteiger partial charge < -0.3 is 15.3 Å². The van der Waals surface area contributed by atoms with Crippen LogP contribution >= 0.6 is 11.6 Å². The number of hydrogen-bond donors (Lipinski definition) is 2. The maximum Gasteiger partial charge on any atom is 0.337 e. The number of anilines is 1. The number of benzene rings is 1. The summed E-state index contributed by atoms with van der Waals surface area (Å²) < 4.78 is 0. The van der Waals surface area contributed by atoms with E-state index in [9.17, 15) is 9.59 Å². The van der Waals surface area contributed by atoms with Crippen LogP contribution in [-0.2, 0) is 0 Å². The number of nitrogens with one attached hydrogen (secondary N) is 1. The first-order chi connectivity index (χ1) is 9.97. The smallest absolute Gasteiger partial charge is 0.337 e. The zero-order valence-electron chi connectivity index (χ0n) is 11.9. The molecule has 0 bridgehead atoms. The maximum atomic E-state index is 12.1. The Morgan fingerprint density at radius 2 is 2.05 bits per heavy atom. The molecule has 0 atom stereocenters. The highest BCUT2D eigenvalue weighted by Gasteiger charge is 2.20. The van der Waals surface area contributed by atoms with Gasteiger partial charge in [-0.3, -0.25) is 0 Å². The summed E-state index contributed by atoms with van der Waals surface area (Å²) in [5.41, 5.74) is 0.250. The van der Waals surface area contributed by atoms with Crippen LogP contribution < -0.4 is 5.32 Å². The standard InChI is InChI=1S/C15H19ClN2O3/c1-18(9-10-4-2-3-5-10)15(21)17-13-7-6-11(16)8-12(13)14(19)20/h6-8,10H,2-5,9H2,1H3,(H,17,21)(H,19,20). The zero-order chi connectivity index (χ0) is 15.4. The highest BCUT2D eigenvalue weighted by Crippen LogP contribution is 2.26. The molecule has 0 aromatic heterocycles. The third-order valence-electron chi connectivity index (χ3n) is 3.81. The van der Waals surface area contributed by atoms with Crippen LogP contribution in [-0.4, -0.2) is 35.6 Å². The lowest BCUT2D eigenvalue weighted by Crippen LogP contribution is -2.35. The number of rotatable bonds is 4. The first kappa shape index (κ1) is 15.6. The van der Waals surface area contributed by atoms with Crippen LogP contribution in [0.5, 0.6) is 0 Å². The number of carbonyl (C=O) groups excluding carboxylic acids is 1. The summed E-state index contributed by atoms with van der Waals surface area (Å²) in [5.74, 6) is -0.573. The van der Waals surface area contributed by atoms with Crippen LogP contribution in [0.25, 0.3) is 0 Å². The van der Waals surface area contributed by atoms with Gasteiger partial charge in [0.1, 0.15) is 0 Å². The Kier molecular flexibility index (Phi) is 5.07. The molecule has 2 N–H and O–H groups in total. The Labute approximate surface area is 128 Å². The fraction of sp³-hybridized carbons (Fsp3) is 0.467. The van der Waals surface area contributed by atoms with E-state index in [4.69, 9.17) is 16.7 Å². The van der Waals surface area contributed by atoms with Crippen LogP contribution in [0.1, 0.15) is 36.0 Å². The van der Waals surface area contributed by atoms with Gasteiger partial charge in [0.15, 0.2) is 0 Å². The number of carbonyl (C=O) groups is 2. The van der Waals surface area contributed by atoms with Gasteiger partial charge in [0.05, 0.1) is 11.3 Å². The first-order valence-electron chi connectivity index (χ1n) is 7.02. The van der Waals surface area contributed by atoms with Gasteiger partial charge in [-0.15, -0.1) is 0 Å². The van der Waals surface area contributed by atoms with E-state index in [1.54, 1.807) is 18.0 Å². The van der Waals surface area contributed by atoms with E-state index in [0.29, 0.717) is 17.5 Å². The SMILES string of the molecule is CN(CC1CCCC1)C(=O)Nc1ccc(Cl)cc1C(=O)O. The molecule has 1 aromatic rings. The number of urea groups is 1. The molecule has 0 saturated heterocycles. The molecule has 0 aliphatic heterocycles. The van der Waals surface area contributed by atoms with Crippen LogP contribution in [0.2, 0.25) is 5.02 Å². The van der Waals surface area contributed by atoms with E-state index in [1.165, 1.54) is 25.0 Å². The number of carboxylic acids is 1. The first-order valence-corrected chi connectivity index (χ1v) is 7.40. The van der Waals surface area contributed by atoms with Gasteiger partial charge in [-0.1, -0.05) is 24.4 Å². The molecule has 2 amide bonds. The number of hydrogen-bond acceptors (Lipinski definition) is 2. The van der Waals surface area contributed by atoms with Crippen molar-refractivity contribution < 1.29 is 14.7 Å². The second kappa shape index (κ2) is 6.80. The van der Waals surface area contributed by atoms with Gasteiger partial charge in [-0.2, -0.15) is 0 Å². The minimum absolute atomic E-state index is 0.00915. The van der Waals surface area contributed by atoms with Gasteiger partial charge in [-0.05, 0) is 37.0 Å². The van der Waals surface area contributed by atoms with E-state index in [2.05, 4.69) is 5.32 Å². The highest BCUT2D eigenvalue weighted by molar-refractivity contribution is 6.31. The van der Waals surface area contributed by atoms with E-state index < -0.39 is 5.97 Å². The Hall–Kier alpha value is -1.75. The Morgan fingerprint density at radius 1 is 1.38 bits per heavy atom. The van der Waals surface area contributed by atoms with Crippen LogP contribution in [0.3, 0.4) is 0 Å². The molecule has 6 heteroatoms. The molecule has 21 heavy (non-hydrogen) atoms. The quantitative estimate of drug-likeness (QED) is 0.891. The van der Waals surface area contributed by atoms with Crippen LogP contribution in [0.15, 0.2) is 18.2 Å². The summed E-state index contributed by atoms with van der Waals surface area (Å²) in [5, 5.41) is 12.1. The van der Waals surface area contributed by atoms with Gasteiger partial charge in [0, 0.05) is 18.6 Å². The predicted molar refractivity (Wildman–Crippen MR) is 82.0 cm³/mol. The molecule has 0 heterocycles. The van der Waals surface area contributed by atoms with Gasteiger partial charge in [0.2, 0.25) is 0 Å². The second-order valence-corrected chi connectivity index (χ2v) is 5.89. The minimum Gasteiger partial charge on any atom is -0.478 e. The third kappa shape index (κ3) is 4.11. The lowest BCUT2D eigenvalue weighted by Gasteiger charge is -2.22. The average Bonchev–Trinajstić information content (AvgIpc) is 2.93. The fourth-order valence-electron chi connectivity index (χ4n) is 2.68. The lowest BCUT2D eigenvalue weighted by molar-refractivity contribution is 0.0698. The number of nitrogens with zero attached hydrogens (tertiary/aromatic N) is 1. The number of amides is 2. The third-order valence-corrected chi connectivity index (χ3v) is 4.04. The molecule has 1 fully saturated rings. The largest absolute Gasteiger partial charge is 0.478 e. The van der Waals surface area contributed by atoms with Crippen molar-refractivity contribution in [2.45, 2.75) is 25.7 Å². The minimum atomic E-state index is -1.12. The molecular weight excluding hydrogens is 292 g/mol. The molecule has 0 radical (unpaired) electrons. The van der Waals surface area contributed by atoms with E-state index in [1.807, 2.05) is 0 Å². The molecular formula is C15H19ClN2O3. The molecule has 0 unspecified atom stereocenters. The summed E-state index contributed by atoms with van der Waals surface area (Å²) in [6.45, 7) is 0.696. The molecule has 1 aliphatic carbocycles. The predicted octanol–water partition coefficient (Wildman–Crippen LogP) is 3.69. The Morgan fingerprint density at radius 3 is 2.67 bits per heavy atom. The van der Waals surface area contributed by atoms with Crippen LogP contribution in [0, 0.1) is 5.92 Å². The lowest BCUT2D eigenvalue weighted by atomic mass is 10.1. The van der Waals surface area contributed by atoms with Crippen molar-refractivity contribution in [2.24, 2.45) is 5.92 Å². The zero-order valence-corrected chi connectivity index (χ0v) is 12.7. The van der Waals surface area contributed by atoms with E-state index >= 15 is 0 Å². The van der Waals surface area contributed by atoms with Crippen molar-refractivity contribution in [1.82, 2.24) is 4.90 Å². The van der Waals surface area contributed by atoms with Gasteiger partial charge >= 0.3 is 12.0 Å². The van der Waals surface area contributed by atoms with Crippen molar-refractivity contribution in [3.8, 4) is 0 Å². The van der Waals surface area contributed by atoms with E-state index in [0.717, 1.165) is 12.8 Å². The molecule has 5 nitrogen and oxygen atoms in total. The topological polar surface area (TPSA) is 69.6 Å². The number of carboxylic acid groups (broad SMARTS) is 1. The molecule has 114 valence electrons. The average molecular weight is 311 g/mol. The summed E-state index contributed by atoms with van der Waals surface area (Å²) in [7, 11) is 1.73. The summed E-state index contributed by atoms with van der Waals surface area (Å²) in [4.78, 5) is 24.9. The van der Waals surface area contributed by atoms with Crippen molar-refractivity contribution >= 4 is 29.3 Å². The molecule has 1 aromatic carbocycles. The van der Waals surface area contributed by atoms with Crippen molar-refractivity contribution in [3.63, 3.8) is 0 Å². The van der Waals surface area contributed by atoms with Gasteiger partial charge in [-0.25, -0.2) is 9.59 Å². The Bertz CT molecular complexity index is 542. The molecule has 2 rings (SSSR count). The second-order valence-electron chi connectivity index (χ2n) is 5.46. The molecule has 1 saturated carbocycles. The number of halogens is 1. The summed E-state index contributed by atoms with van der Waals surface area (Å²) in [6, 6.07) is 4.09. The summed E-state index contributed by atoms with van der Waals surface area (Å²) >= 11 is 5.79. The summed E-state index contributed by atoms with van der Waals surface area (Å²) in [6.07, 6.45) is 4.75. The van der Waals surface area contributed by atoms with Gasteiger partial charge in [0.25, 0.3) is 0 Å². The molecule has 1 aliphatic rings. The highest BCUT2D eigenvalue weighted by atomic mass is 35.5. The Balaban J connectivity index is 2.03. The van der Waals surface area contributed by atoms with Crippen molar-refractivity contribution in [1.29, 1.82) is 0 Å². The van der Waals surface area contributed by atoms with Crippen molar-refractivity contribution in [2.75, 3.05) is 18.9 Å². The number of aromatic carboxylic acids is 1. The monoisotopic (exact) mass is 310 g/mol. The molecule has 0 spiro atoms. The fourth-order valence-corrected chi connectivity index (χ4v) is 2.85. The normalized spacial score (nSPS) is 15.0. The maximum absolute atomic E-state index is 12.1. The van der Waals surface area contributed by atoms with E-state index in [-0.39, 0.29) is 17.3 Å². The van der Waals surface area contributed by atoms with Crippen molar-refractivity contribution in [3.05, 3.63) is 28.8 Å².